The summed E-state index contributed by atoms with van der Waals surface area (Å²) in [5.74, 6) is 0.0978. The molecule has 1 atom stereocenters. The zero-order valence-electron chi connectivity index (χ0n) is 17.5. The van der Waals surface area contributed by atoms with Gasteiger partial charge in [-0.1, -0.05) is 11.8 Å². The Balaban J connectivity index is 1.66. The molecule has 0 aliphatic heterocycles. The van der Waals surface area contributed by atoms with Crippen molar-refractivity contribution in [1.82, 2.24) is 19.9 Å². The van der Waals surface area contributed by atoms with Crippen LogP contribution in [0.25, 0.3) is 0 Å². The van der Waals surface area contributed by atoms with E-state index in [1.165, 1.54) is 30.3 Å². The second-order valence-electron chi connectivity index (χ2n) is 6.85. The number of amides is 1. The van der Waals surface area contributed by atoms with E-state index in [9.17, 15) is 13.2 Å². The number of hydrogen-bond acceptors (Lipinski definition) is 10. The number of nitrogens with two attached hydrogens (primary N) is 2. The highest BCUT2D eigenvalue weighted by molar-refractivity contribution is 8.00. The highest BCUT2D eigenvalue weighted by Crippen LogP contribution is 2.23. The van der Waals surface area contributed by atoms with Crippen molar-refractivity contribution in [3.05, 3.63) is 47.8 Å². The lowest BCUT2D eigenvalue weighted by Crippen LogP contribution is -2.23. The smallest absolute Gasteiger partial charge is 0.264 e. The van der Waals surface area contributed by atoms with E-state index in [2.05, 4.69) is 30.0 Å². The zero-order valence-corrected chi connectivity index (χ0v) is 19.2. The first kappa shape index (κ1) is 23.2. The molecule has 0 bridgehead atoms. The summed E-state index contributed by atoms with van der Waals surface area (Å²) in [6.45, 7) is 5.17. The lowest BCUT2D eigenvalue weighted by atomic mass is 10.3. The first-order chi connectivity index (χ1) is 15.0. The van der Waals surface area contributed by atoms with E-state index in [0.717, 1.165) is 11.8 Å². The summed E-state index contributed by atoms with van der Waals surface area (Å²) >= 11 is 1.10. The van der Waals surface area contributed by atoms with Crippen molar-refractivity contribution in [3.63, 3.8) is 0 Å². The minimum Gasteiger partial charge on any atom is -0.383 e. The number of aryl methyl sites for hydroxylation is 2. The number of rotatable bonds is 7. The summed E-state index contributed by atoms with van der Waals surface area (Å²) in [4.78, 5) is 28.7. The van der Waals surface area contributed by atoms with Crippen LogP contribution in [-0.4, -0.2) is 39.5 Å². The van der Waals surface area contributed by atoms with Crippen LogP contribution in [0.15, 0.2) is 46.5 Å². The number of nitrogens with zero attached hydrogens (tertiary/aromatic N) is 4. The number of carbonyl (C=O) groups is 1. The van der Waals surface area contributed by atoms with Crippen molar-refractivity contribution in [3.8, 4) is 0 Å². The molecule has 0 fully saturated rings. The standard InChI is InChI=1S/C19H22N8O3S2/c1-10-8-11(2)23-18(22-10)27-32(29,30)14-6-4-13(5-7-14)24-17(28)12(3)31-19-25-15(20)9-16(21)26-19/h4-9,12H,1-3H3,(H,24,28)(H,22,23,27)(H4,20,21,25,26). The van der Waals surface area contributed by atoms with Crippen molar-refractivity contribution < 1.29 is 13.2 Å². The summed E-state index contributed by atoms with van der Waals surface area (Å²) in [5, 5.41) is 2.45. The number of sulfonamides is 1. The summed E-state index contributed by atoms with van der Waals surface area (Å²) < 4.78 is 27.6. The van der Waals surface area contributed by atoms with Crippen molar-refractivity contribution in [2.75, 3.05) is 21.5 Å². The quantitative estimate of drug-likeness (QED) is 0.292. The van der Waals surface area contributed by atoms with Gasteiger partial charge in [0.15, 0.2) is 5.16 Å². The largest absolute Gasteiger partial charge is 0.383 e. The summed E-state index contributed by atoms with van der Waals surface area (Å²) in [6.07, 6.45) is 0. The number of nitrogens with one attached hydrogen (secondary N) is 2. The molecule has 2 aromatic heterocycles. The first-order valence-electron chi connectivity index (χ1n) is 9.34. The molecular weight excluding hydrogens is 452 g/mol. The molecule has 1 aromatic carbocycles. The maximum Gasteiger partial charge on any atom is 0.264 e. The van der Waals surface area contributed by atoms with Gasteiger partial charge in [0.1, 0.15) is 11.6 Å². The number of aromatic nitrogens is 4. The van der Waals surface area contributed by atoms with Crippen molar-refractivity contribution >= 4 is 51.0 Å². The van der Waals surface area contributed by atoms with E-state index in [0.29, 0.717) is 17.1 Å². The van der Waals surface area contributed by atoms with Crippen molar-refractivity contribution in [2.24, 2.45) is 0 Å². The molecule has 0 saturated carbocycles. The molecule has 0 saturated heterocycles. The monoisotopic (exact) mass is 474 g/mol. The van der Waals surface area contributed by atoms with Crippen LogP contribution in [0.4, 0.5) is 23.3 Å². The average Bonchev–Trinajstić information content (AvgIpc) is 2.66. The van der Waals surface area contributed by atoms with E-state index in [1.807, 2.05) is 0 Å². The van der Waals surface area contributed by atoms with Crippen LogP contribution in [0.2, 0.25) is 0 Å². The third-order valence-electron chi connectivity index (χ3n) is 4.04. The molecule has 0 spiro atoms. The lowest BCUT2D eigenvalue weighted by Gasteiger charge is -2.12. The second kappa shape index (κ2) is 9.36. The predicted octanol–water partition coefficient (Wildman–Crippen LogP) is 1.97. The predicted molar refractivity (Wildman–Crippen MR) is 124 cm³/mol. The molecule has 2 heterocycles. The third kappa shape index (κ3) is 6.04. The van der Waals surface area contributed by atoms with E-state index < -0.39 is 15.3 Å². The molecule has 0 aliphatic carbocycles. The molecule has 1 amide bonds. The van der Waals surface area contributed by atoms with Gasteiger partial charge in [0.25, 0.3) is 10.0 Å². The first-order valence-corrected chi connectivity index (χ1v) is 11.7. The fourth-order valence-corrected chi connectivity index (χ4v) is 4.38. The summed E-state index contributed by atoms with van der Waals surface area (Å²) in [5.41, 5.74) is 13.0. The molecule has 13 heteroatoms. The molecule has 32 heavy (non-hydrogen) atoms. The third-order valence-corrected chi connectivity index (χ3v) is 6.34. The fraction of sp³-hybridized carbons (Fsp3) is 0.211. The van der Waals surface area contributed by atoms with E-state index in [4.69, 9.17) is 11.5 Å². The van der Waals surface area contributed by atoms with Gasteiger partial charge in [0, 0.05) is 23.1 Å². The summed E-state index contributed by atoms with van der Waals surface area (Å²) in [7, 11) is -3.89. The number of nitrogen functional groups attached to an aromatic ring is 2. The van der Waals surface area contributed by atoms with Crippen molar-refractivity contribution in [2.45, 2.75) is 36.1 Å². The molecule has 0 radical (unpaired) electrons. The van der Waals surface area contributed by atoms with Gasteiger partial charge in [-0.2, -0.15) is 0 Å². The van der Waals surface area contributed by atoms with Crippen LogP contribution in [0.5, 0.6) is 0 Å². The Morgan fingerprint density at radius 1 is 0.969 bits per heavy atom. The number of hydrogen-bond donors (Lipinski definition) is 4. The summed E-state index contributed by atoms with van der Waals surface area (Å²) in [6, 6.07) is 8.89. The van der Waals surface area contributed by atoms with Gasteiger partial charge in [0.2, 0.25) is 11.9 Å². The van der Waals surface area contributed by atoms with Gasteiger partial charge < -0.3 is 16.8 Å². The normalized spacial score (nSPS) is 12.2. The topological polar surface area (TPSA) is 179 Å². The minimum atomic E-state index is -3.89. The average molecular weight is 475 g/mol. The molecule has 3 aromatic rings. The molecule has 3 rings (SSSR count). The Kier molecular flexibility index (Phi) is 6.79. The van der Waals surface area contributed by atoms with E-state index in [-0.39, 0.29) is 33.5 Å². The number of carbonyl (C=O) groups excluding carboxylic acids is 1. The van der Waals surface area contributed by atoms with Crippen LogP contribution in [-0.2, 0) is 14.8 Å². The molecule has 168 valence electrons. The molecule has 6 N–H and O–H groups in total. The van der Waals surface area contributed by atoms with Crippen molar-refractivity contribution in [1.29, 1.82) is 0 Å². The lowest BCUT2D eigenvalue weighted by molar-refractivity contribution is -0.115. The minimum absolute atomic E-state index is 0.00400. The zero-order chi connectivity index (χ0) is 23.5. The van der Waals surface area contributed by atoms with Gasteiger partial charge in [0.05, 0.1) is 10.1 Å². The van der Waals surface area contributed by atoms with Gasteiger partial charge in [-0.05, 0) is 51.1 Å². The molecule has 1 unspecified atom stereocenters. The Morgan fingerprint density at radius 2 is 1.53 bits per heavy atom. The van der Waals surface area contributed by atoms with Crippen LogP contribution < -0.4 is 21.5 Å². The van der Waals surface area contributed by atoms with Gasteiger partial charge in [-0.3, -0.25) is 4.79 Å². The maximum atomic E-state index is 12.6. The second-order valence-corrected chi connectivity index (χ2v) is 9.84. The number of benzene rings is 1. The van der Waals surface area contributed by atoms with Gasteiger partial charge in [-0.15, -0.1) is 0 Å². The van der Waals surface area contributed by atoms with Crippen LogP contribution in [0, 0.1) is 13.8 Å². The maximum absolute atomic E-state index is 12.6. The SMILES string of the molecule is Cc1cc(C)nc(NS(=O)(=O)c2ccc(NC(=O)C(C)Sc3nc(N)cc(N)n3)cc2)n1. The van der Waals surface area contributed by atoms with Crippen LogP contribution in [0.3, 0.4) is 0 Å². The Labute approximate surface area is 189 Å². The highest BCUT2D eigenvalue weighted by atomic mass is 32.2. The number of thioether (sulfide) groups is 1. The molecule has 11 nitrogen and oxygen atoms in total. The Hall–Kier alpha value is -3.45. The van der Waals surface area contributed by atoms with Crippen LogP contribution in [0.1, 0.15) is 18.3 Å². The molecular formula is C19H22N8O3S2. The van der Waals surface area contributed by atoms with E-state index >= 15 is 0 Å². The van der Waals surface area contributed by atoms with Gasteiger partial charge >= 0.3 is 0 Å². The Bertz CT molecular complexity index is 1210. The molecule has 0 aliphatic rings. The Morgan fingerprint density at radius 3 is 2.09 bits per heavy atom. The number of anilines is 4. The fourth-order valence-electron chi connectivity index (χ4n) is 2.64. The highest BCUT2D eigenvalue weighted by Gasteiger charge is 2.19. The van der Waals surface area contributed by atoms with Crippen LogP contribution >= 0.6 is 11.8 Å². The van der Waals surface area contributed by atoms with E-state index in [1.54, 1.807) is 26.8 Å². The van der Waals surface area contributed by atoms with Gasteiger partial charge in [-0.25, -0.2) is 33.1 Å².